The first-order valence-corrected chi connectivity index (χ1v) is 7.70. The van der Waals surface area contributed by atoms with Crippen molar-refractivity contribution in [2.75, 3.05) is 7.11 Å². The van der Waals surface area contributed by atoms with E-state index in [1.807, 2.05) is 60.7 Å². The Bertz CT molecular complexity index is 720. The summed E-state index contributed by atoms with van der Waals surface area (Å²) in [6.45, 7) is 0. The average molecular weight is 326 g/mol. The molecule has 1 heterocycles. The van der Waals surface area contributed by atoms with Crippen molar-refractivity contribution in [2.24, 2.45) is 0 Å². The van der Waals surface area contributed by atoms with Gasteiger partial charge in [-0.3, -0.25) is 20.2 Å². The minimum Gasteiger partial charge on any atom is -0.468 e. The highest BCUT2D eigenvalue weighted by Crippen LogP contribution is 2.40. The topological polar surface area (TPSA) is 81.5 Å². The molecule has 0 unspecified atom stereocenters. The third-order valence-electron chi connectivity index (χ3n) is 4.47. The average Bonchev–Trinajstić information content (AvgIpc) is 3.03. The Morgan fingerprint density at radius 3 is 2.08 bits per heavy atom. The summed E-state index contributed by atoms with van der Waals surface area (Å²) in [6.07, 6.45) is 0. The number of hydrogen-bond donors (Lipinski definition) is 1. The van der Waals surface area contributed by atoms with Crippen molar-refractivity contribution in [3.05, 3.63) is 81.9 Å². The van der Waals surface area contributed by atoms with Crippen LogP contribution in [0.4, 0.5) is 0 Å². The molecule has 1 N–H and O–H groups in total. The second-order valence-corrected chi connectivity index (χ2v) is 5.77. The van der Waals surface area contributed by atoms with Crippen molar-refractivity contribution in [3.63, 3.8) is 0 Å². The van der Waals surface area contributed by atoms with E-state index in [1.165, 1.54) is 7.11 Å². The molecule has 0 spiro atoms. The van der Waals surface area contributed by atoms with E-state index in [1.54, 1.807) is 0 Å². The van der Waals surface area contributed by atoms with Crippen molar-refractivity contribution in [3.8, 4) is 0 Å². The lowest BCUT2D eigenvalue weighted by atomic mass is 9.85. The Morgan fingerprint density at radius 1 is 1.04 bits per heavy atom. The zero-order valence-corrected chi connectivity index (χ0v) is 13.2. The number of carbonyl (C=O) groups is 1. The van der Waals surface area contributed by atoms with Gasteiger partial charge in [-0.05, 0) is 11.1 Å². The molecular weight excluding hydrogens is 308 g/mol. The Balaban J connectivity index is 2.07. The monoisotopic (exact) mass is 326 g/mol. The molecule has 1 saturated heterocycles. The third-order valence-corrected chi connectivity index (χ3v) is 4.47. The number of esters is 1. The van der Waals surface area contributed by atoms with E-state index in [4.69, 9.17) is 4.74 Å². The maximum absolute atomic E-state index is 12.2. The van der Waals surface area contributed by atoms with Gasteiger partial charge in [0.05, 0.1) is 13.0 Å². The van der Waals surface area contributed by atoms with Gasteiger partial charge in [0.15, 0.2) is 0 Å². The Kier molecular flexibility index (Phi) is 4.57. The number of rotatable bonds is 4. The number of nitrogens with zero attached hydrogens (tertiary/aromatic N) is 1. The van der Waals surface area contributed by atoms with Crippen molar-refractivity contribution in [1.82, 2.24) is 5.32 Å². The largest absolute Gasteiger partial charge is 0.468 e. The van der Waals surface area contributed by atoms with E-state index < -0.39 is 30.0 Å². The normalized spacial score (nSPS) is 26.0. The van der Waals surface area contributed by atoms with Crippen LogP contribution in [0.5, 0.6) is 0 Å². The number of carbonyl (C=O) groups excluding carboxylic acids is 1. The molecule has 6 heteroatoms. The molecule has 1 fully saturated rings. The highest BCUT2D eigenvalue weighted by Gasteiger charge is 2.54. The minimum atomic E-state index is -0.959. The third kappa shape index (κ3) is 2.88. The molecule has 3 rings (SSSR count). The summed E-state index contributed by atoms with van der Waals surface area (Å²) in [5.41, 5.74) is 1.53. The zero-order chi connectivity index (χ0) is 17.1. The van der Waals surface area contributed by atoms with Gasteiger partial charge in [-0.25, -0.2) is 0 Å². The Labute approximate surface area is 139 Å². The van der Waals surface area contributed by atoms with Gasteiger partial charge in [-0.1, -0.05) is 60.7 Å². The fourth-order valence-corrected chi connectivity index (χ4v) is 3.41. The predicted octanol–water partition coefficient (Wildman–Crippen LogP) is 2.30. The Morgan fingerprint density at radius 2 is 1.58 bits per heavy atom. The number of methoxy groups -OCH3 is 1. The minimum absolute atomic E-state index is 0.300. The van der Waals surface area contributed by atoms with Gasteiger partial charge in [0, 0.05) is 4.92 Å². The second-order valence-electron chi connectivity index (χ2n) is 5.77. The van der Waals surface area contributed by atoms with E-state index >= 15 is 0 Å². The molecule has 0 bridgehead atoms. The smallest absolute Gasteiger partial charge is 0.323 e. The van der Waals surface area contributed by atoms with Crippen LogP contribution >= 0.6 is 0 Å². The van der Waals surface area contributed by atoms with Gasteiger partial charge in [-0.15, -0.1) is 0 Å². The molecule has 0 aromatic heterocycles. The van der Waals surface area contributed by atoms with E-state index in [2.05, 4.69) is 5.32 Å². The van der Waals surface area contributed by atoms with Crippen LogP contribution in [0.25, 0.3) is 0 Å². The summed E-state index contributed by atoms with van der Waals surface area (Å²) in [5.74, 6) is -1.09. The molecule has 2 aromatic carbocycles. The molecule has 0 radical (unpaired) electrons. The van der Waals surface area contributed by atoms with Gasteiger partial charge in [0.25, 0.3) is 0 Å². The van der Waals surface area contributed by atoms with E-state index in [9.17, 15) is 14.9 Å². The van der Waals surface area contributed by atoms with E-state index in [0.29, 0.717) is 0 Å². The van der Waals surface area contributed by atoms with Gasteiger partial charge >= 0.3 is 5.97 Å². The first kappa shape index (κ1) is 16.1. The molecule has 24 heavy (non-hydrogen) atoms. The summed E-state index contributed by atoms with van der Waals surface area (Å²) in [4.78, 5) is 23.8. The summed E-state index contributed by atoms with van der Waals surface area (Å²) < 4.78 is 4.87. The highest BCUT2D eigenvalue weighted by molar-refractivity contribution is 5.78. The fraction of sp³-hybridized carbons (Fsp3) is 0.278. The molecule has 1 aliphatic rings. The van der Waals surface area contributed by atoms with Crippen molar-refractivity contribution in [2.45, 2.75) is 24.0 Å². The van der Waals surface area contributed by atoms with Crippen LogP contribution < -0.4 is 5.32 Å². The lowest BCUT2D eigenvalue weighted by Gasteiger charge is -2.19. The maximum atomic E-state index is 12.2. The van der Waals surface area contributed by atoms with E-state index in [-0.39, 0.29) is 4.92 Å². The van der Waals surface area contributed by atoms with Crippen LogP contribution in [-0.2, 0) is 9.53 Å². The first-order valence-electron chi connectivity index (χ1n) is 7.70. The van der Waals surface area contributed by atoms with Gasteiger partial charge in [0.2, 0.25) is 6.04 Å². The number of nitrogens with one attached hydrogen (secondary N) is 1. The van der Waals surface area contributed by atoms with Crippen LogP contribution in [0.3, 0.4) is 0 Å². The lowest BCUT2D eigenvalue weighted by Crippen LogP contribution is -2.37. The maximum Gasteiger partial charge on any atom is 0.323 e. The summed E-state index contributed by atoms with van der Waals surface area (Å²) in [5, 5.41) is 15.0. The van der Waals surface area contributed by atoms with Gasteiger partial charge in [-0.2, -0.15) is 0 Å². The number of ether oxygens (including phenoxy) is 1. The van der Waals surface area contributed by atoms with Crippen molar-refractivity contribution >= 4 is 5.97 Å². The molecule has 124 valence electrons. The Hall–Kier alpha value is -2.73. The lowest BCUT2D eigenvalue weighted by molar-refractivity contribution is -0.527. The molecule has 0 aliphatic carbocycles. The number of nitro groups is 1. The number of hydrogen-bond acceptors (Lipinski definition) is 5. The zero-order valence-electron chi connectivity index (χ0n) is 13.2. The van der Waals surface area contributed by atoms with Crippen molar-refractivity contribution in [1.29, 1.82) is 0 Å². The molecular formula is C18H18N2O4. The second kappa shape index (κ2) is 6.80. The first-order chi connectivity index (χ1) is 11.6. The summed E-state index contributed by atoms with van der Waals surface area (Å²) in [7, 11) is 1.29. The van der Waals surface area contributed by atoms with Crippen LogP contribution in [0, 0.1) is 10.1 Å². The highest BCUT2D eigenvalue weighted by atomic mass is 16.6. The molecule has 2 aromatic rings. The van der Waals surface area contributed by atoms with Crippen LogP contribution in [-0.4, -0.2) is 30.1 Å². The van der Waals surface area contributed by atoms with Gasteiger partial charge in [0.1, 0.15) is 12.1 Å². The summed E-state index contributed by atoms with van der Waals surface area (Å²) in [6, 6.07) is 16.0. The SMILES string of the molecule is COC(=O)[C@@H]1N[C@H](c2ccccc2)[C@H]([N+](=O)[O-])[C@H]1c1ccccc1. The fourth-order valence-electron chi connectivity index (χ4n) is 3.41. The number of benzene rings is 2. The standard InChI is InChI=1S/C18H18N2O4/c1-24-18(21)16-14(12-8-4-2-5-9-12)17(20(22)23)15(19-16)13-10-6-3-7-11-13/h2-11,14-17,19H,1H3/t14-,15+,16+,17+/m0/s1. The predicted molar refractivity (Wildman–Crippen MR) is 88.1 cm³/mol. The molecule has 0 amide bonds. The quantitative estimate of drug-likeness (QED) is 0.530. The van der Waals surface area contributed by atoms with Gasteiger partial charge < -0.3 is 4.74 Å². The molecule has 4 atom stereocenters. The summed E-state index contributed by atoms with van der Waals surface area (Å²) >= 11 is 0. The van der Waals surface area contributed by atoms with Crippen molar-refractivity contribution < 1.29 is 14.5 Å². The van der Waals surface area contributed by atoms with E-state index in [0.717, 1.165) is 11.1 Å². The van der Waals surface area contributed by atoms with Crippen LogP contribution in [0.15, 0.2) is 60.7 Å². The molecule has 1 aliphatic heterocycles. The van der Waals surface area contributed by atoms with Crippen LogP contribution in [0.1, 0.15) is 23.1 Å². The molecule has 6 nitrogen and oxygen atoms in total. The van der Waals surface area contributed by atoms with Crippen LogP contribution in [0.2, 0.25) is 0 Å². The molecule has 0 saturated carbocycles.